The first-order chi connectivity index (χ1) is 7.50. The Morgan fingerprint density at radius 1 is 1.25 bits per heavy atom. The Bertz CT molecular complexity index is 412. The van der Waals surface area contributed by atoms with Crippen LogP contribution in [0, 0.1) is 0 Å². The van der Waals surface area contributed by atoms with Crippen LogP contribution in [0.25, 0.3) is 0 Å². The Morgan fingerprint density at radius 3 is 2.38 bits per heavy atom. The molecule has 0 amide bonds. The van der Waals surface area contributed by atoms with Gasteiger partial charge in [-0.1, -0.05) is 28.1 Å². The zero-order chi connectivity index (χ0) is 11.5. The van der Waals surface area contributed by atoms with Crippen LogP contribution in [-0.4, -0.2) is 21.6 Å². The summed E-state index contributed by atoms with van der Waals surface area (Å²) >= 11 is 3.48. The van der Waals surface area contributed by atoms with E-state index in [-0.39, 0.29) is 0 Å². The third-order valence-electron chi connectivity index (χ3n) is 3.71. The standard InChI is InChI=1S/C13H17BrN2/c1-9-8-13(2,3)16-12(15(9)16)10-4-6-11(14)7-5-10/h4-7,9,12H,8H2,1-3H3. The third-order valence-corrected chi connectivity index (χ3v) is 4.24. The van der Waals surface area contributed by atoms with Crippen molar-refractivity contribution in [3.8, 4) is 0 Å². The Kier molecular flexibility index (Phi) is 2.23. The molecule has 0 aliphatic carbocycles. The first-order valence-electron chi connectivity index (χ1n) is 5.84. The summed E-state index contributed by atoms with van der Waals surface area (Å²) in [5.74, 6) is 0. The van der Waals surface area contributed by atoms with Crippen LogP contribution in [0.4, 0.5) is 0 Å². The summed E-state index contributed by atoms with van der Waals surface area (Å²) in [4.78, 5) is 0. The van der Waals surface area contributed by atoms with E-state index in [0.717, 1.165) is 4.47 Å². The normalized spacial score (nSPS) is 39.5. The zero-order valence-corrected chi connectivity index (χ0v) is 11.5. The Labute approximate surface area is 105 Å². The summed E-state index contributed by atoms with van der Waals surface area (Å²) in [6, 6.07) is 9.36. The first kappa shape index (κ1) is 10.8. The van der Waals surface area contributed by atoms with Gasteiger partial charge in [0.1, 0.15) is 6.17 Å². The lowest BCUT2D eigenvalue weighted by Crippen LogP contribution is -2.28. The lowest BCUT2D eigenvalue weighted by Gasteiger charge is -2.22. The van der Waals surface area contributed by atoms with E-state index < -0.39 is 0 Å². The van der Waals surface area contributed by atoms with Crippen LogP contribution in [0.3, 0.4) is 0 Å². The lowest BCUT2D eigenvalue weighted by atomic mass is 9.96. The number of hydrogen-bond donors (Lipinski definition) is 0. The van der Waals surface area contributed by atoms with Crippen LogP contribution in [0.2, 0.25) is 0 Å². The van der Waals surface area contributed by atoms with Crippen LogP contribution in [0.5, 0.6) is 0 Å². The molecule has 1 aromatic rings. The molecule has 4 atom stereocenters. The van der Waals surface area contributed by atoms with Crippen molar-refractivity contribution in [2.45, 2.75) is 44.9 Å². The molecule has 0 N–H and O–H groups in total. The van der Waals surface area contributed by atoms with E-state index in [1.165, 1.54) is 12.0 Å². The minimum Gasteiger partial charge on any atom is -0.214 e. The lowest BCUT2D eigenvalue weighted by molar-refractivity contribution is 0.242. The Hall–Kier alpha value is -0.380. The second kappa shape index (κ2) is 3.31. The second-order valence-electron chi connectivity index (χ2n) is 5.52. The van der Waals surface area contributed by atoms with Gasteiger partial charge in [0.15, 0.2) is 0 Å². The molecule has 2 fully saturated rings. The summed E-state index contributed by atoms with van der Waals surface area (Å²) in [5, 5.41) is 5.02. The first-order valence-corrected chi connectivity index (χ1v) is 6.63. The average Bonchev–Trinajstić information content (AvgIpc) is 2.88. The molecule has 0 spiro atoms. The number of rotatable bonds is 1. The number of hydrogen-bond acceptors (Lipinski definition) is 2. The van der Waals surface area contributed by atoms with Gasteiger partial charge in [-0.3, -0.25) is 0 Å². The van der Waals surface area contributed by atoms with Crippen molar-refractivity contribution in [2.24, 2.45) is 0 Å². The van der Waals surface area contributed by atoms with Crippen LogP contribution < -0.4 is 0 Å². The molecule has 2 nitrogen and oxygen atoms in total. The highest BCUT2D eigenvalue weighted by Gasteiger charge is 2.61. The molecule has 3 rings (SSSR count). The highest BCUT2D eigenvalue weighted by molar-refractivity contribution is 9.10. The molecule has 2 aliphatic heterocycles. The largest absolute Gasteiger partial charge is 0.214 e. The van der Waals surface area contributed by atoms with Crippen molar-refractivity contribution >= 4 is 15.9 Å². The molecule has 16 heavy (non-hydrogen) atoms. The minimum atomic E-state index is 0.317. The van der Waals surface area contributed by atoms with Gasteiger partial charge in [0.25, 0.3) is 0 Å². The summed E-state index contributed by atoms with van der Waals surface area (Å²) < 4.78 is 1.15. The van der Waals surface area contributed by atoms with E-state index in [1.807, 2.05) is 0 Å². The number of nitrogens with zero attached hydrogens (tertiary/aromatic N) is 2. The van der Waals surface area contributed by atoms with Crippen molar-refractivity contribution in [2.75, 3.05) is 0 Å². The van der Waals surface area contributed by atoms with Gasteiger partial charge in [-0.2, -0.15) is 0 Å². The van der Waals surface area contributed by atoms with E-state index in [1.54, 1.807) is 0 Å². The predicted octanol–water partition coefficient (Wildman–Crippen LogP) is 3.55. The average molecular weight is 281 g/mol. The van der Waals surface area contributed by atoms with Gasteiger partial charge in [-0.25, -0.2) is 10.0 Å². The smallest absolute Gasteiger partial charge is 0.116 e. The third kappa shape index (κ3) is 1.45. The molecule has 86 valence electrons. The monoisotopic (exact) mass is 280 g/mol. The van der Waals surface area contributed by atoms with E-state index in [0.29, 0.717) is 17.7 Å². The van der Waals surface area contributed by atoms with Gasteiger partial charge in [-0.15, -0.1) is 0 Å². The van der Waals surface area contributed by atoms with Crippen LogP contribution in [0.15, 0.2) is 28.7 Å². The molecular weight excluding hydrogens is 264 g/mol. The van der Waals surface area contributed by atoms with Gasteiger partial charge in [-0.05, 0) is 44.9 Å². The molecule has 4 unspecified atom stereocenters. The van der Waals surface area contributed by atoms with Crippen LogP contribution >= 0.6 is 15.9 Å². The van der Waals surface area contributed by atoms with Crippen molar-refractivity contribution in [3.63, 3.8) is 0 Å². The SMILES string of the molecule is CC1CC(C)(C)N2C(c3ccc(Br)cc3)N12. The highest BCUT2D eigenvalue weighted by Crippen LogP contribution is 2.55. The van der Waals surface area contributed by atoms with E-state index in [2.05, 4.69) is 71.0 Å². The molecule has 2 heterocycles. The van der Waals surface area contributed by atoms with Crippen LogP contribution in [-0.2, 0) is 0 Å². The summed E-state index contributed by atoms with van der Waals surface area (Å²) in [5.41, 5.74) is 1.72. The molecule has 3 heteroatoms. The topological polar surface area (TPSA) is 6.02 Å². The Morgan fingerprint density at radius 2 is 1.88 bits per heavy atom. The van der Waals surface area contributed by atoms with Crippen molar-refractivity contribution < 1.29 is 0 Å². The summed E-state index contributed by atoms with van der Waals surface area (Å²) in [6.45, 7) is 6.99. The number of fused-ring (bicyclic) bond motifs is 1. The maximum absolute atomic E-state index is 3.48. The molecule has 0 saturated carbocycles. The minimum absolute atomic E-state index is 0.317. The van der Waals surface area contributed by atoms with Gasteiger partial charge < -0.3 is 0 Å². The summed E-state index contributed by atoms with van der Waals surface area (Å²) in [7, 11) is 0. The molecule has 2 aliphatic rings. The molecular formula is C13H17BrN2. The maximum Gasteiger partial charge on any atom is 0.116 e. The quantitative estimate of drug-likeness (QED) is 0.726. The van der Waals surface area contributed by atoms with Gasteiger partial charge in [0.05, 0.1) is 0 Å². The maximum atomic E-state index is 3.48. The fourth-order valence-electron chi connectivity index (χ4n) is 3.12. The van der Waals surface area contributed by atoms with Gasteiger partial charge in [0.2, 0.25) is 0 Å². The van der Waals surface area contributed by atoms with E-state index in [9.17, 15) is 0 Å². The van der Waals surface area contributed by atoms with E-state index >= 15 is 0 Å². The second-order valence-corrected chi connectivity index (χ2v) is 6.43. The summed E-state index contributed by atoms with van der Waals surface area (Å²) in [6.07, 6.45) is 1.77. The van der Waals surface area contributed by atoms with E-state index in [4.69, 9.17) is 0 Å². The zero-order valence-electron chi connectivity index (χ0n) is 9.94. The predicted molar refractivity (Wildman–Crippen MR) is 68.7 cm³/mol. The van der Waals surface area contributed by atoms with Crippen molar-refractivity contribution in [3.05, 3.63) is 34.3 Å². The number of halogens is 1. The van der Waals surface area contributed by atoms with Crippen LogP contribution in [0.1, 0.15) is 38.9 Å². The van der Waals surface area contributed by atoms with Gasteiger partial charge in [0, 0.05) is 16.1 Å². The molecule has 0 radical (unpaired) electrons. The number of benzene rings is 1. The van der Waals surface area contributed by atoms with Crippen molar-refractivity contribution in [1.82, 2.24) is 10.0 Å². The van der Waals surface area contributed by atoms with Gasteiger partial charge >= 0.3 is 0 Å². The molecule has 2 saturated heterocycles. The highest BCUT2D eigenvalue weighted by atomic mass is 79.9. The fourth-order valence-corrected chi connectivity index (χ4v) is 3.38. The Balaban J connectivity index is 1.88. The molecule has 0 aromatic heterocycles. The molecule has 1 aromatic carbocycles. The number of hydrazine groups is 1. The van der Waals surface area contributed by atoms with Crippen molar-refractivity contribution in [1.29, 1.82) is 0 Å². The fraction of sp³-hybridized carbons (Fsp3) is 0.538. The molecule has 0 bridgehead atoms.